The predicted molar refractivity (Wildman–Crippen MR) is 122 cm³/mol. The van der Waals surface area contributed by atoms with Crippen LogP contribution in [0.25, 0.3) is 0 Å². The maximum atomic E-state index is 12.8. The predicted octanol–water partition coefficient (Wildman–Crippen LogP) is -2.72. The molecule has 0 bridgehead atoms. The molecule has 0 radical (unpaired) electrons. The van der Waals surface area contributed by atoms with E-state index >= 15 is 0 Å². The fourth-order valence-electron chi connectivity index (χ4n) is 4.12. The van der Waals surface area contributed by atoms with Crippen LogP contribution in [0.2, 0.25) is 0 Å². The number of carbonyl (C=O) groups is 2. The van der Waals surface area contributed by atoms with E-state index in [1.54, 1.807) is 4.68 Å². The third-order valence-electron chi connectivity index (χ3n) is 5.85. The van der Waals surface area contributed by atoms with Crippen molar-refractivity contribution in [3.05, 3.63) is 63.6 Å². The first-order valence-corrected chi connectivity index (χ1v) is 12.1. The number of thiophene rings is 1. The number of carboxylic acid groups (broad SMARTS) is 1. The normalized spacial score (nSPS) is 14.6. The fourth-order valence-corrected chi connectivity index (χ4v) is 4.91. The number of carboxylic acids is 1. The Morgan fingerprint density at radius 1 is 1.20 bits per heavy atom. The quantitative estimate of drug-likeness (QED) is 0.268. The zero-order chi connectivity index (χ0) is 23.9. The minimum atomic E-state index is -1.31. The van der Waals surface area contributed by atoms with Gasteiger partial charge in [-0.2, -0.15) is 0 Å². The Hall–Kier alpha value is -2.15. The van der Waals surface area contributed by atoms with Gasteiger partial charge in [-0.25, -0.2) is 4.68 Å². The summed E-state index contributed by atoms with van der Waals surface area (Å²) in [5.74, 6) is -0.654. The topological polar surface area (TPSA) is 136 Å². The summed E-state index contributed by atoms with van der Waals surface area (Å²) in [4.78, 5) is 26.4. The summed E-state index contributed by atoms with van der Waals surface area (Å²) in [7, 11) is 0. The molecule has 4 rings (SSSR count). The third-order valence-corrected chi connectivity index (χ3v) is 6.79. The summed E-state index contributed by atoms with van der Waals surface area (Å²) in [6.45, 7) is 1.87. The summed E-state index contributed by atoms with van der Waals surface area (Å²) in [6.07, 6.45) is 0.293. The number of nitrogens with zero attached hydrogens (tertiary/aromatic N) is 5. The Morgan fingerprint density at radius 2 is 2.00 bits per heavy atom. The number of amides is 1. The largest absolute Gasteiger partial charge is 1.00 e. The molecule has 2 N–H and O–H groups in total. The third kappa shape index (κ3) is 7.42. The second-order valence-electron chi connectivity index (χ2n) is 8.28. The van der Waals surface area contributed by atoms with Gasteiger partial charge in [-0.15, -0.1) is 16.4 Å². The molecule has 3 heterocycles. The number of aliphatic hydroxyl groups is 1. The van der Waals surface area contributed by atoms with Crippen molar-refractivity contribution in [2.75, 3.05) is 13.1 Å². The summed E-state index contributed by atoms with van der Waals surface area (Å²) >= 11 is 1.50. The van der Waals surface area contributed by atoms with E-state index in [0.717, 1.165) is 17.8 Å². The van der Waals surface area contributed by atoms with Gasteiger partial charge in [0.1, 0.15) is 6.04 Å². The van der Waals surface area contributed by atoms with Gasteiger partial charge in [0, 0.05) is 49.9 Å². The summed E-state index contributed by atoms with van der Waals surface area (Å²) < 4.78 is 1.65. The van der Waals surface area contributed by atoms with Gasteiger partial charge in [0.15, 0.2) is 5.82 Å². The summed E-state index contributed by atoms with van der Waals surface area (Å²) in [5.41, 5.74) is 2.51. The van der Waals surface area contributed by atoms with E-state index in [-0.39, 0.29) is 42.0 Å². The van der Waals surface area contributed by atoms with E-state index in [4.69, 9.17) is 0 Å². The van der Waals surface area contributed by atoms with Gasteiger partial charge >= 0.3 is 29.6 Å². The molecule has 2 aromatic heterocycles. The molecule has 180 valence electrons. The molecule has 1 aliphatic heterocycles. The van der Waals surface area contributed by atoms with Gasteiger partial charge in [-0.05, 0) is 45.8 Å². The van der Waals surface area contributed by atoms with Crippen LogP contribution < -0.4 is 40.0 Å². The number of aromatic nitrogens is 4. The number of aryl methyl sites for hydroxylation is 1. The Kier molecular flexibility index (Phi) is 10.4. The standard InChI is InChI=1S/C23H28N6O4S.Na/c30-18(13-21(32)33)14-24-22(19-7-4-12-34-19)23-25-26-27-29(23)10-3-8-20(31)28-11-9-16-5-1-2-6-17(16)15-28;/h1-2,4-7,12,18,22,24,30H,3,8-11,13-15H2,(H,32,33);/q;+1/p-1. The van der Waals surface area contributed by atoms with Crippen LogP contribution in [0.15, 0.2) is 41.8 Å². The molecule has 3 aromatic rings. The van der Waals surface area contributed by atoms with Crippen molar-refractivity contribution in [2.45, 2.75) is 50.9 Å². The van der Waals surface area contributed by atoms with E-state index in [2.05, 4.69) is 33.0 Å². The Labute approximate surface area is 229 Å². The van der Waals surface area contributed by atoms with Crippen LogP contribution in [0.4, 0.5) is 0 Å². The minimum absolute atomic E-state index is 0. The van der Waals surface area contributed by atoms with Crippen molar-refractivity contribution in [3.8, 4) is 0 Å². The Balaban J connectivity index is 0.00000342. The van der Waals surface area contributed by atoms with Crippen molar-refractivity contribution < 1.29 is 49.4 Å². The van der Waals surface area contributed by atoms with Crippen LogP contribution in [0, 0.1) is 0 Å². The average Bonchev–Trinajstić information content (AvgIpc) is 3.51. The van der Waals surface area contributed by atoms with Gasteiger partial charge in [0.2, 0.25) is 5.91 Å². The van der Waals surface area contributed by atoms with E-state index in [1.807, 2.05) is 34.5 Å². The Morgan fingerprint density at radius 3 is 2.74 bits per heavy atom. The molecule has 0 saturated heterocycles. The second kappa shape index (κ2) is 13.2. The van der Waals surface area contributed by atoms with Crippen molar-refractivity contribution >= 4 is 23.2 Å². The molecular formula is C23H27N6NaO4S. The van der Waals surface area contributed by atoms with E-state index in [0.29, 0.717) is 31.8 Å². The second-order valence-corrected chi connectivity index (χ2v) is 9.26. The maximum absolute atomic E-state index is 12.8. The molecule has 0 aliphatic carbocycles. The monoisotopic (exact) mass is 506 g/mol. The SMILES string of the molecule is O=C([O-])CC(O)CNC(c1cccs1)c1nnnn1CCCC(=O)N1CCc2ccccc2C1.[Na+]. The minimum Gasteiger partial charge on any atom is -0.550 e. The van der Waals surface area contributed by atoms with Gasteiger partial charge in [0.05, 0.1) is 6.10 Å². The van der Waals surface area contributed by atoms with Crippen LogP contribution in [0.5, 0.6) is 0 Å². The van der Waals surface area contributed by atoms with Crippen LogP contribution in [-0.4, -0.2) is 61.3 Å². The fraction of sp³-hybridized carbons (Fsp3) is 0.435. The smallest absolute Gasteiger partial charge is 0.550 e. The molecule has 1 amide bonds. The molecule has 0 spiro atoms. The summed E-state index contributed by atoms with van der Waals surface area (Å²) in [5, 5.41) is 37.8. The van der Waals surface area contributed by atoms with Gasteiger partial charge in [-0.3, -0.25) is 4.79 Å². The average molecular weight is 507 g/mol. The van der Waals surface area contributed by atoms with Crippen LogP contribution in [-0.2, 0) is 29.1 Å². The summed E-state index contributed by atoms with van der Waals surface area (Å²) in [6, 6.07) is 11.6. The zero-order valence-electron chi connectivity index (χ0n) is 19.7. The number of rotatable bonds is 11. The van der Waals surface area contributed by atoms with Crippen molar-refractivity contribution in [1.82, 2.24) is 30.4 Å². The number of hydrogen-bond donors (Lipinski definition) is 2. The van der Waals surface area contributed by atoms with E-state index in [9.17, 15) is 19.8 Å². The van der Waals surface area contributed by atoms with Crippen molar-refractivity contribution in [2.24, 2.45) is 0 Å². The number of hydrogen-bond acceptors (Lipinski definition) is 9. The molecule has 35 heavy (non-hydrogen) atoms. The number of aliphatic hydroxyl groups excluding tert-OH is 1. The number of fused-ring (bicyclic) bond motifs is 1. The number of aliphatic carboxylic acids is 1. The van der Waals surface area contributed by atoms with E-state index < -0.39 is 24.5 Å². The van der Waals surface area contributed by atoms with Crippen LogP contribution in [0.3, 0.4) is 0 Å². The first-order valence-electron chi connectivity index (χ1n) is 11.3. The van der Waals surface area contributed by atoms with Crippen molar-refractivity contribution in [3.63, 3.8) is 0 Å². The van der Waals surface area contributed by atoms with Gasteiger partial charge < -0.3 is 25.2 Å². The molecule has 2 unspecified atom stereocenters. The molecule has 10 nitrogen and oxygen atoms in total. The number of benzene rings is 1. The number of carbonyl (C=O) groups excluding carboxylic acids is 2. The Bertz CT molecular complexity index is 1110. The molecular weight excluding hydrogens is 479 g/mol. The number of tetrazole rings is 1. The molecule has 1 aromatic carbocycles. The first-order chi connectivity index (χ1) is 16.5. The number of nitrogens with one attached hydrogen (secondary N) is 1. The maximum Gasteiger partial charge on any atom is 1.00 e. The molecule has 12 heteroatoms. The van der Waals surface area contributed by atoms with Crippen LogP contribution in [0.1, 0.15) is 47.1 Å². The first kappa shape index (κ1) is 27.4. The molecule has 2 atom stereocenters. The van der Waals surface area contributed by atoms with E-state index in [1.165, 1.54) is 22.5 Å². The van der Waals surface area contributed by atoms with Crippen molar-refractivity contribution in [1.29, 1.82) is 0 Å². The zero-order valence-corrected chi connectivity index (χ0v) is 22.5. The molecule has 1 aliphatic rings. The van der Waals surface area contributed by atoms with Gasteiger partial charge in [0.25, 0.3) is 0 Å². The van der Waals surface area contributed by atoms with Gasteiger partial charge in [-0.1, -0.05) is 30.3 Å². The molecule has 0 saturated carbocycles. The van der Waals surface area contributed by atoms with Crippen LogP contribution >= 0.6 is 11.3 Å². The molecule has 0 fully saturated rings.